The summed E-state index contributed by atoms with van der Waals surface area (Å²) in [5.41, 5.74) is 5.79. The Hall–Kier alpha value is -4.09. The van der Waals surface area contributed by atoms with Crippen molar-refractivity contribution in [3.8, 4) is 11.1 Å². The van der Waals surface area contributed by atoms with Crippen LogP contribution in [0.25, 0.3) is 11.1 Å². The second kappa shape index (κ2) is 18.3. The zero-order valence-electron chi connectivity index (χ0n) is 30.0. The molecule has 4 aromatic carbocycles. The van der Waals surface area contributed by atoms with Gasteiger partial charge in [-0.05, 0) is 83.3 Å². The van der Waals surface area contributed by atoms with Crippen LogP contribution in [0.3, 0.4) is 0 Å². The first-order valence-corrected chi connectivity index (χ1v) is 18.9. The van der Waals surface area contributed by atoms with Gasteiger partial charge in [0, 0.05) is 56.0 Å². The van der Waals surface area contributed by atoms with E-state index >= 15 is 0 Å². The molecule has 280 valence electrons. The Balaban J connectivity index is 1.12. The number of carbonyl (C=O) groups excluding carboxylic acids is 1. The molecule has 2 aliphatic rings. The van der Waals surface area contributed by atoms with Crippen LogP contribution in [-0.2, 0) is 37.8 Å². The Morgan fingerprint density at radius 1 is 0.811 bits per heavy atom. The van der Waals surface area contributed by atoms with Gasteiger partial charge in [0.05, 0.1) is 24.4 Å². The highest BCUT2D eigenvalue weighted by Gasteiger charge is 2.37. The summed E-state index contributed by atoms with van der Waals surface area (Å²) >= 11 is 6.10. The monoisotopic (exact) mass is 740 g/mol. The number of nitrogens with one attached hydrogen (secondary N) is 1. The number of hydrogen-bond acceptors (Lipinski definition) is 7. The molecule has 1 amide bonds. The SMILES string of the molecule is O=C(O)CCCCCC(=O)NCc1cccc(-c2cccc(C3OC(CN4CCC(O)(c5ccc(Cl)cc5)CC4)CC(c4ccc(CO)cc4)O3)c2)c1. The average Bonchev–Trinajstić information content (AvgIpc) is 3.18. The van der Waals surface area contributed by atoms with Crippen molar-refractivity contribution in [1.82, 2.24) is 10.2 Å². The Bertz CT molecular complexity index is 1810. The summed E-state index contributed by atoms with van der Waals surface area (Å²) in [7, 11) is 0. The van der Waals surface area contributed by atoms with Crippen LogP contribution < -0.4 is 5.32 Å². The number of aliphatic hydroxyl groups excluding tert-OH is 1. The fraction of sp³-hybridized carbons (Fsp3) is 0.395. The molecule has 2 saturated heterocycles. The number of carboxylic acid groups (broad SMARTS) is 1. The summed E-state index contributed by atoms with van der Waals surface area (Å²) in [5, 5.41) is 33.5. The van der Waals surface area contributed by atoms with Crippen LogP contribution >= 0.6 is 11.6 Å². The number of carbonyl (C=O) groups is 2. The fourth-order valence-corrected chi connectivity index (χ4v) is 7.35. The molecule has 6 rings (SSSR count). The molecule has 0 aliphatic carbocycles. The van der Waals surface area contributed by atoms with E-state index in [2.05, 4.69) is 28.4 Å². The number of aliphatic hydroxyl groups is 2. The molecule has 0 saturated carbocycles. The van der Waals surface area contributed by atoms with Gasteiger partial charge in [0.1, 0.15) is 0 Å². The molecular weight excluding hydrogens is 692 g/mol. The van der Waals surface area contributed by atoms with Gasteiger partial charge >= 0.3 is 5.97 Å². The number of unbranched alkanes of at least 4 members (excludes halogenated alkanes) is 2. The fourth-order valence-electron chi connectivity index (χ4n) is 7.23. The minimum absolute atomic E-state index is 0.0198. The van der Waals surface area contributed by atoms with Crippen molar-refractivity contribution in [2.75, 3.05) is 19.6 Å². The molecule has 53 heavy (non-hydrogen) atoms. The third-order valence-electron chi connectivity index (χ3n) is 10.3. The lowest BCUT2D eigenvalue weighted by Gasteiger charge is -2.42. The summed E-state index contributed by atoms with van der Waals surface area (Å²) in [6.07, 6.45) is 3.43. The van der Waals surface area contributed by atoms with Crippen molar-refractivity contribution in [3.63, 3.8) is 0 Å². The van der Waals surface area contributed by atoms with Crippen molar-refractivity contribution in [1.29, 1.82) is 0 Å². The van der Waals surface area contributed by atoms with Gasteiger partial charge in [0.15, 0.2) is 6.29 Å². The highest BCUT2D eigenvalue weighted by Crippen LogP contribution is 2.40. The number of carboxylic acids is 1. The number of hydrogen-bond donors (Lipinski definition) is 4. The van der Waals surface area contributed by atoms with E-state index in [0.29, 0.717) is 63.1 Å². The number of halogens is 1. The molecule has 4 aromatic rings. The van der Waals surface area contributed by atoms with Gasteiger partial charge in [-0.15, -0.1) is 0 Å². The molecule has 3 atom stereocenters. The predicted octanol–water partition coefficient (Wildman–Crippen LogP) is 7.68. The van der Waals surface area contributed by atoms with Crippen LogP contribution in [0.4, 0.5) is 0 Å². The minimum atomic E-state index is -0.884. The van der Waals surface area contributed by atoms with Crippen LogP contribution in [0.5, 0.6) is 0 Å². The first-order valence-electron chi connectivity index (χ1n) is 18.6. The number of piperidine rings is 1. The number of benzene rings is 4. The van der Waals surface area contributed by atoms with Crippen molar-refractivity contribution in [3.05, 3.63) is 130 Å². The summed E-state index contributed by atoms with van der Waals surface area (Å²) in [6.45, 7) is 2.56. The Morgan fingerprint density at radius 3 is 2.23 bits per heavy atom. The number of nitrogens with zero attached hydrogens (tertiary/aromatic N) is 1. The first-order chi connectivity index (χ1) is 25.7. The third kappa shape index (κ3) is 10.8. The van der Waals surface area contributed by atoms with E-state index in [4.69, 9.17) is 26.2 Å². The molecule has 0 spiro atoms. The van der Waals surface area contributed by atoms with Crippen LogP contribution in [0.2, 0.25) is 5.02 Å². The normalized spacial score (nSPS) is 20.2. The predicted molar refractivity (Wildman–Crippen MR) is 204 cm³/mol. The lowest BCUT2D eigenvalue weighted by molar-refractivity contribution is -0.253. The maximum Gasteiger partial charge on any atom is 0.303 e. The van der Waals surface area contributed by atoms with Crippen molar-refractivity contribution in [2.45, 2.75) is 88.6 Å². The van der Waals surface area contributed by atoms with E-state index in [0.717, 1.165) is 52.0 Å². The number of rotatable bonds is 15. The van der Waals surface area contributed by atoms with Crippen LogP contribution in [0.15, 0.2) is 97.1 Å². The summed E-state index contributed by atoms with van der Waals surface area (Å²) in [4.78, 5) is 25.5. The van der Waals surface area contributed by atoms with Gasteiger partial charge in [0.25, 0.3) is 0 Å². The zero-order chi connectivity index (χ0) is 37.2. The maximum absolute atomic E-state index is 12.4. The van der Waals surface area contributed by atoms with Gasteiger partial charge in [-0.25, -0.2) is 0 Å². The third-order valence-corrected chi connectivity index (χ3v) is 10.6. The zero-order valence-corrected chi connectivity index (χ0v) is 30.7. The molecule has 0 radical (unpaired) electrons. The second-order valence-corrected chi connectivity index (χ2v) is 14.7. The smallest absolute Gasteiger partial charge is 0.303 e. The van der Waals surface area contributed by atoms with E-state index in [1.165, 1.54) is 0 Å². The number of likely N-dealkylation sites (tertiary alicyclic amines) is 1. The lowest BCUT2D eigenvalue weighted by Crippen LogP contribution is -2.46. The topological polar surface area (TPSA) is 129 Å². The molecule has 10 heteroatoms. The number of amides is 1. The Morgan fingerprint density at radius 2 is 1.51 bits per heavy atom. The van der Waals surface area contributed by atoms with Crippen LogP contribution in [0, 0.1) is 0 Å². The maximum atomic E-state index is 12.4. The molecule has 0 aromatic heterocycles. The van der Waals surface area contributed by atoms with Crippen molar-refractivity contribution < 1.29 is 34.4 Å². The molecule has 0 bridgehead atoms. The van der Waals surface area contributed by atoms with Crippen LogP contribution in [-0.4, -0.2) is 57.8 Å². The Kier molecular flexibility index (Phi) is 13.3. The van der Waals surface area contributed by atoms with E-state index in [9.17, 15) is 19.8 Å². The summed E-state index contributed by atoms with van der Waals surface area (Å²) in [6, 6.07) is 31.7. The van der Waals surface area contributed by atoms with E-state index < -0.39 is 17.9 Å². The average molecular weight is 741 g/mol. The molecular formula is C43H49ClN2O7. The lowest BCUT2D eigenvalue weighted by atomic mass is 9.84. The number of aliphatic carboxylic acids is 1. The van der Waals surface area contributed by atoms with Gasteiger partial charge in [0.2, 0.25) is 5.91 Å². The minimum Gasteiger partial charge on any atom is -0.481 e. The molecule has 9 nitrogen and oxygen atoms in total. The second-order valence-electron chi connectivity index (χ2n) is 14.2. The van der Waals surface area contributed by atoms with Crippen molar-refractivity contribution in [2.24, 2.45) is 0 Å². The highest BCUT2D eigenvalue weighted by molar-refractivity contribution is 6.30. The molecule has 4 N–H and O–H groups in total. The first kappa shape index (κ1) is 38.6. The van der Waals surface area contributed by atoms with Crippen molar-refractivity contribution >= 4 is 23.5 Å². The largest absolute Gasteiger partial charge is 0.481 e. The van der Waals surface area contributed by atoms with Gasteiger partial charge in [-0.2, -0.15) is 0 Å². The standard InChI is InChI=1S/C43H49ClN2O7/c44-37-18-16-36(17-19-37)43(51)20-22-46(23-21-43)28-38-26-39(32-14-12-30(29-47)13-15-32)53-42(52-38)35-9-5-8-34(25-35)33-7-4-6-31(24-33)27-45-40(48)10-2-1-3-11-41(49)50/h4-9,12-19,24-25,38-39,42,47,51H,1-3,10-11,20-23,26-29H2,(H,45,48)(H,49,50). The van der Waals surface area contributed by atoms with Gasteiger partial charge in [-0.3, -0.25) is 9.59 Å². The van der Waals surface area contributed by atoms with E-state index in [-0.39, 0.29) is 31.1 Å². The van der Waals surface area contributed by atoms with E-state index in [1.54, 1.807) is 0 Å². The quantitative estimate of drug-likeness (QED) is 0.0915. The molecule has 2 heterocycles. The number of ether oxygens (including phenoxy) is 2. The highest BCUT2D eigenvalue weighted by atomic mass is 35.5. The van der Waals surface area contributed by atoms with E-state index in [1.807, 2.05) is 78.9 Å². The summed E-state index contributed by atoms with van der Waals surface area (Å²) in [5.74, 6) is -0.854. The molecule has 3 unspecified atom stereocenters. The van der Waals surface area contributed by atoms with Gasteiger partial charge in [-0.1, -0.05) is 90.8 Å². The van der Waals surface area contributed by atoms with Crippen LogP contribution in [0.1, 0.15) is 91.6 Å². The van der Waals surface area contributed by atoms with Gasteiger partial charge < -0.3 is 35.0 Å². The summed E-state index contributed by atoms with van der Waals surface area (Å²) < 4.78 is 13.4. The Labute approximate surface area is 316 Å². The molecule has 2 aliphatic heterocycles. The molecule has 2 fully saturated rings.